The second kappa shape index (κ2) is 7.75. The Balaban J connectivity index is 1.41. The summed E-state index contributed by atoms with van der Waals surface area (Å²) in [5.41, 5.74) is 2.40. The first kappa shape index (κ1) is 19.7. The van der Waals surface area contributed by atoms with Gasteiger partial charge in [0.2, 0.25) is 12.7 Å². The van der Waals surface area contributed by atoms with Crippen molar-refractivity contribution in [2.75, 3.05) is 19.2 Å². The van der Waals surface area contributed by atoms with Crippen LogP contribution in [-0.2, 0) is 16.1 Å². The SMILES string of the molecule is CN1C(=O)/C(=C\c2cn(CC(=O)Nc3ccc4c(c3)OCO4)c3ccccc23)SC1=S. The molecule has 0 saturated carbocycles. The Labute approximate surface area is 187 Å². The van der Waals surface area contributed by atoms with Gasteiger partial charge in [0.1, 0.15) is 10.9 Å². The van der Waals surface area contributed by atoms with Crippen molar-refractivity contribution in [2.45, 2.75) is 6.54 Å². The zero-order valence-electron chi connectivity index (χ0n) is 16.5. The number of anilines is 1. The van der Waals surface area contributed by atoms with Crippen molar-refractivity contribution in [3.05, 3.63) is 59.1 Å². The van der Waals surface area contributed by atoms with Gasteiger partial charge in [-0.15, -0.1) is 0 Å². The van der Waals surface area contributed by atoms with Gasteiger partial charge in [0, 0.05) is 41.5 Å². The van der Waals surface area contributed by atoms with Crippen LogP contribution in [0.25, 0.3) is 17.0 Å². The van der Waals surface area contributed by atoms with Gasteiger partial charge in [-0.3, -0.25) is 14.5 Å². The molecule has 156 valence electrons. The molecule has 31 heavy (non-hydrogen) atoms. The molecule has 2 amide bonds. The number of aromatic nitrogens is 1. The van der Waals surface area contributed by atoms with Gasteiger partial charge >= 0.3 is 0 Å². The lowest BCUT2D eigenvalue weighted by molar-refractivity contribution is -0.121. The maximum Gasteiger partial charge on any atom is 0.265 e. The Morgan fingerprint density at radius 1 is 1.23 bits per heavy atom. The molecule has 2 aromatic carbocycles. The number of nitrogens with zero attached hydrogens (tertiary/aromatic N) is 2. The molecule has 7 nitrogen and oxygen atoms in total. The van der Waals surface area contributed by atoms with Crippen LogP contribution in [0.1, 0.15) is 5.56 Å². The molecule has 1 N–H and O–H groups in total. The van der Waals surface area contributed by atoms with E-state index in [1.807, 2.05) is 41.1 Å². The second-order valence-electron chi connectivity index (χ2n) is 7.09. The quantitative estimate of drug-likeness (QED) is 0.480. The standard InChI is InChI=1S/C22H17N3O4S2/c1-24-21(27)19(31-22(24)30)8-13-10-25(16-5-3-2-4-15(13)16)11-20(26)23-14-6-7-17-18(9-14)29-12-28-17/h2-10H,11-12H2,1H3,(H,23,26)/b19-8+. The summed E-state index contributed by atoms with van der Waals surface area (Å²) >= 11 is 6.49. The highest BCUT2D eigenvalue weighted by Crippen LogP contribution is 2.35. The average Bonchev–Trinajstić information content (AvgIpc) is 3.42. The molecular weight excluding hydrogens is 434 g/mol. The Kier molecular flexibility index (Phi) is 4.91. The third kappa shape index (κ3) is 3.66. The summed E-state index contributed by atoms with van der Waals surface area (Å²) in [6.07, 6.45) is 3.71. The molecule has 3 aromatic rings. The molecule has 0 unspecified atom stereocenters. The number of hydrogen-bond donors (Lipinski definition) is 1. The molecule has 1 fully saturated rings. The van der Waals surface area contributed by atoms with Crippen LogP contribution in [0.5, 0.6) is 11.5 Å². The van der Waals surface area contributed by atoms with Crippen LogP contribution in [0.4, 0.5) is 5.69 Å². The lowest BCUT2D eigenvalue weighted by Gasteiger charge is -2.08. The van der Waals surface area contributed by atoms with Crippen LogP contribution in [-0.4, -0.2) is 39.4 Å². The zero-order chi connectivity index (χ0) is 21.5. The normalized spacial score (nSPS) is 16.5. The van der Waals surface area contributed by atoms with E-state index in [1.165, 1.54) is 16.7 Å². The molecule has 2 aliphatic rings. The number of thioether (sulfide) groups is 1. The first-order chi connectivity index (χ1) is 15.0. The number of benzene rings is 2. The first-order valence-electron chi connectivity index (χ1n) is 9.48. The van der Waals surface area contributed by atoms with Gasteiger partial charge in [0.15, 0.2) is 11.5 Å². The van der Waals surface area contributed by atoms with Crippen LogP contribution in [0.2, 0.25) is 0 Å². The Morgan fingerprint density at radius 3 is 2.84 bits per heavy atom. The number of carbonyl (C=O) groups excluding carboxylic acids is 2. The van der Waals surface area contributed by atoms with E-state index in [9.17, 15) is 9.59 Å². The fourth-order valence-electron chi connectivity index (χ4n) is 3.54. The molecule has 0 bridgehead atoms. The van der Waals surface area contributed by atoms with Crippen LogP contribution in [0, 0.1) is 0 Å². The molecule has 0 aliphatic carbocycles. The van der Waals surface area contributed by atoms with Crippen molar-refractivity contribution >= 4 is 62.8 Å². The van der Waals surface area contributed by atoms with Crippen LogP contribution >= 0.6 is 24.0 Å². The molecular formula is C22H17N3O4S2. The van der Waals surface area contributed by atoms with Crippen molar-refractivity contribution in [1.82, 2.24) is 9.47 Å². The summed E-state index contributed by atoms with van der Waals surface area (Å²) in [5.74, 6) is 0.981. The lowest BCUT2D eigenvalue weighted by Crippen LogP contribution is -2.22. The Hall–Kier alpha value is -3.30. The summed E-state index contributed by atoms with van der Waals surface area (Å²) in [6, 6.07) is 13.1. The average molecular weight is 452 g/mol. The summed E-state index contributed by atoms with van der Waals surface area (Å²) in [4.78, 5) is 27.1. The number of para-hydroxylation sites is 1. The second-order valence-corrected chi connectivity index (χ2v) is 8.76. The van der Waals surface area contributed by atoms with Gasteiger partial charge in [-0.2, -0.15) is 0 Å². The number of likely N-dealkylation sites (N-methyl/N-ethyl adjacent to an activating group) is 1. The van der Waals surface area contributed by atoms with Gasteiger partial charge in [0.25, 0.3) is 5.91 Å². The maximum atomic E-state index is 12.7. The summed E-state index contributed by atoms with van der Waals surface area (Å²) in [6.45, 7) is 0.305. The van der Waals surface area contributed by atoms with Gasteiger partial charge in [-0.05, 0) is 24.3 Å². The van der Waals surface area contributed by atoms with E-state index in [1.54, 1.807) is 25.2 Å². The lowest BCUT2D eigenvalue weighted by atomic mass is 10.1. The first-order valence-corrected chi connectivity index (χ1v) is 10.7. The summed E-state index contributed by atoms with van der Waals surface area (Å²) in [7, 11) is 1.67. The Bertz CT molecular complexity index is 1280. The highest BCUT2D eigenvalue weighted by atomic mass is 32.2. The Morgan fingerprint density at radius 2 is 2.03 bits per heavy atom. The number of thiocarbonyl (C=S) groups is 1. The molecule has 3 heterocycles. The van der Waals surface area contributed by atoms with Crippen LogP contribution in [0.15, 0.2) is 53.6 Å². The fraction of sp³-hybridized carbons (Fsp3) is 0.136. The molecule has 9 heteroatoms. The third-order valence-corrected chi connectivity index (χ3v) is 6.55. The van der Waals surface area contributed by atoms with Gasteiger partial charge in [0.05, 0.1) is 4.91 Å². The molecule has 5 rings (SSSR count). The predicted molar refractivity (Wildman–Crippen MR) is 124 cm³/mol. The molecule has 0 spiro atoms. The van der Waals surface area contributed by atoms with E-state index in [4.69, 9.17) is 21.7 Å². The van der Waals surface area contributed by atoms with E-state index < -0.39 is 0 Å². The zero-order valence-corrected chi connectivity index (χ0v) is 18.1. The van der Waals surface area contributed by atoms with E-state index >= 15 is 0 Å². The van der Waals surface area contributed by atoms with E-state index in [0.29, 0.717) is 26.4 Å². The van der Waals surface area contributed by atoms with Gasteiger partial charge < -0.3 is 19.4 Å². The number of ether oxygens (including phenoxy) is 2. The van der Waals surface area contributed by atoms with Gasteiger partial charge in [-0.1, -0.05) is 42.2 Å². The number of fused-ring (bicyclic) bond motifs is 2. The molecule has 2 aliphatic heterocycles. The van der Waals surface area contributed by atoms with Crippen molar-refractivity contribution in [3.8, 4) is 11.5 Å². The van der Waals surface area contributed by atoms with E-state index in [-0.39, 0.29) is 25.2 Å². The van der Waals surface area contributed by atoms with E-state index in [2.05, 4.69) is 5.32 Å². The van der Waals surface area contributed by atoms with Crippen LogP contribution < -0.4 is 14.8 Å². The number of carbonyl (C=O) groups is 2. The van der Waals surface area contributed by atoms with E-state index in [0.717, 1.165) is 16.5 Å². The molecule has 0 radical (unpaired) electrons. The maximum absolute atomic E-state index is 12.7. The van der Waals surface area contributed by atoms with Crippen LogP contribution in [0.3, 0.4) is 0 Å². The number of amides is 2. The minimum Gasteiger partial charge on any atom is -0.454 e. The van der Waals surface area contributed by atoms with Crippen molar-refractivity contribution in [2.24, 2.45) is 0 Å². The number of hydrogen-bond acceptors (Lipinski definition) is 6. The van der Waals surface area contributed by atoms with Crippen molar-refractivity contribution < 1.29 is 19.1 Å². The topological polar surface area (TPSA) is 72.8 Å². The van der Waals surface area contributed by atoms with Crippen molar-refractivity contribution in [3.63, 3.8) is 0 Å². The third-order valence-electron chi connectivity index (χ3n) is 5.06. The predicted octanol–water partition coefficient (Wildman–Crippen LogP) is 3.84. The largest absolute Gasteiger partial charge is 0.454 e. The highest BCUT2D eigenvalue weighted by Gasteiger charge is 2.29. The summed E-state index contributed by atoms with van der Waals surface area (Å²) in [5, 5.41) is 3.85. The van der Waals surface area contributed by atoms with Crippen molar-refractivity contribution in [1.29, 1.82) is 0 Å². The number of rotatable bonds is 4. The summed E-state index contributed by atoms with van der Waals surface area (Å²) < 4.78 is 13.1. The minimum atomic E-state index is -0.175. The minimum absolute atomic E-state index is 0.118. The molecule has 0 atom stereocenters. The fourth-order valence-corrected chi connectivity index (χ4v) is 4.71. The highest BCUT2D eigenvalue weighted by molar-refractivity contribution is 8.26. The molecule has 1 aromatic heterocycles. The molecule has 1 saturated heterocycles. The van der Waals surface area contributed by atoms with Gasteiger partial charge in [-0.25, -0.2) is 0 Å². The number of nitrogens with one attached hydrogen (secondary N) is 1. The monoisotopic (exact) mass is 451 g/mol. The smallest absolute Gasteiger partial charge is 0.265 e.